The van der Waals surface area contributed by atoms with Crippen molar-refractivity contribution < 1.29 is 19.4 Å². The van der Waals surface area contributed by atoms with Gasteiger partial charge in [-0.05, 0) is 76.8 Å². The topological polar surface area (TPSA) is 80.7 Å². The normalized spacial score (nSPS) is 17.8. The third kappa shape index (κ3) is 4.64. The third-order valence-electron chi connectivity index (χ3n) is 7.34. The van der Waals surface area contributed by atoms with E-state index < -0.39 is 17.7 Å². The van der Waals surface area contributed by atoms with Crippen LogP contribution >= 0.6 is 11.3 Å². The fourth-order valence-electron chi connectivity index (χ4n) is 5.43. The second-order valence-corrected chi connectivity index (χ2v) is 12.0. The summed E-state index contributed by atoms with van der Waals surface area (Å²) in [6, 6.07) is 6.10. The predicted molar refractivity (Wildman–Crippen MR) is 151 cm³/mol. The van der Waals surface area contributed by atoms with E-state index in [0.717, 1.165) is 68.2 Å². The van der Waals surface area contributed by atoms with Crippen molar-refractivity contribution in [2.45, 2.75) is 77.9 Å². The zero-order valence-electron chi connectivity index (χ0n) is 22.5. The molecule has 2 aromatic carbocycles. The quantitative estimate of drug-likeness (QED) is 0.346. The lowest BCUT2D eigenvalue weighted by molar-refractivity contribution is -0.160. The molecule has 0 spiro atoms. The second kappa shape index (κ2) is 9.76. The maximum atomic E-state index is 12.7. The number of aryl methyl sites for hydroxylation is 1. The van der Waals surface area contributed by atoms with Gasteiger partial charge < -0.3 is 19.9 Å². The van der Waals surface area contributed by atoms with E-state index in [1.54, 1.807) is 11.3 Å². The molecule has 196 valence electrons. The van der Waals surface area contributed by atoms with Crippen LogP contribution in [-0.4, -0.2) is 35.3 Å². The maximum absolute atomic E-state index is 12.7. The van der Waals surface area contributed by atoms with E-state index in [2.05, 4.69) is 24.4 Å². The van der Waals surface area contributed by atoms with E-state index in [1.165, 1.54) is 12.0 Å². The average Bonchev–Trinajstić information content (AvgIpc) is 3.21. The van der Waals surface area contributed by atoms with Gasteiger partial charge in [0.05, 0.1) is 33.1 Å². The minimum absolute atomic E-state index is 0.491. The van der Waals surface area contributed by atoms with Gasteiger partial charge in [0.2, 0.25) is 0 Å². The summed E-state index contributed by atoms with van der Waals surface area (Å²) in [6.07, 6.45) is 5.41. The summed E-state index contributed by atoms with van der Waals surface area (Å²) in [6.45, 7) is 10.4. The Hall–Kier alpha value is -2.90. The summed E-state index contributed by atoms with van der Waals surface area (Å²) in [5.74, 6) is 0.340. The van der Waals surface area contributed by atoms with Crippen molar-refractivity contribution >= 4 is 38.8 Å². The van der Waals surface area contributed by atoms with Crippen molar-refractivity contribution in [1.82, 2.24) is 4.98 Å². The molecule has 0 saturated heterocycles. The van der Waals surface area contributed by atoms with Gasteiger partial charge in [0, 0.05) is 41.6 Å². The van der Waals surface area contributed by atoms with Crippen molar-refractivity contribution in [3.8, 4) is 16.9 Å². The molecule has 6 nitrogen and oxygen atoms in total. The number of hydrogen-bond donors (Lipinski definition) is 2. The molecule has 0 bridgehead atoms. The number of aliphatic carboxylic acids is 1. The minimum atomic E-state index is -1.12. The van der Waals surface area contributed by atoms with E-state index in [-0.39, 0.29) is 0 Å². The van der Waals surface area contributed by atoms with Crippen LogP contribution in [0.2, 0.25) is 0 Å². The van der Waals surface area contributed by atoms with E-state index >= 15 is 0 Å². The summed E-state index contributed by atoms with van der Waals surface area (Å²) in [5, 5.41) is 15.0. The molecule has 7 heteroatoms. The van der Waals surface area contributed by atoms with Crippen LogP contribution in [0.25, 0.3) is 26.9 Å². The first kappa shape index (κ1) is 25.7. The van der Waals surface area contributed by atoms with Crippen molar-refractivity contribution in [2.24, 2.45) is 0 Å². The van der Waals surface area contributed by atoms with Crippen LogP contribution in [0.5, 0.6) is 5.75 Å². The molecule has 1 aromatic heterocycles. The van der Waals surface area contributed by atoms with Crippen LogP contribution in [0.4, 0.5) is 5.69 Å². The molecule has 1 atom stereocenters. The highest BCUT2D eigenvalue weighted by molar-refractivity contribution is 7.19. The lowest BCUT2D eigenvalue weighted by Gasteiger charge is -2.29. The fraction of sp³-hybridized carbons (Fsp3) is 0.467. The summed E-state index contributed by atoms with van der Waals surface area (Å²) < 4.78 is 13.3. The number of ether oxygens (including phenoxy) is 2. The number of carbonyl (C=O) groups is 1. The minimum Gasteiger partial charge on any atom is -0.493 e. The van der Waals surface area contributed by atoms with Gasteiger partial charge in [-0.25, -0.2) is 9.78 Å². The molecule has 5 rings (SSSR count). The Morgan fingerprint density at radius 2 is 2.05 bits per heavy atom. The van der Waals surface area contributed by atoms with Crippen LogP contribution in [0, 0.1) is 6.92 Å². The molecule has 1 aliphatic carbocycles. The van der Waals surface area contributed by atoms with E-state index in [0.29, 0.717) is 18.1 Å². The Kier molecular flexibility index (Phi) is 6.79. The van der Waals surface area contributed by atoms with Gasteiger partial charge in [-0.2, -0.15) is 0 Å². The molecular weight excluding hydrogens is 484 g/mol. The van der Waals surface area contributed by atoms with E-state index in [4.69, 9.17) is 14.5 Å². The molecule has 1 saturated carbocycles. The van der Waals surface area contributed by atoms with Gasteiger partial charge in [-0.15, -0.1) is 11.3 Å². The number of anilines is 1. The van der Waals surface area contributed by atoms with Crippen molar-refractivity contribution in [3.05, 3.63) is 46.0 Å². The number of benzene rings is 2. The van der Waals surface area contributed by atoms with Gasteiger partial charge in [-0.1, -0.05) is 12.5 Å². The number of carboxylic acids is 1. The summed E-state index contributed by atoms with van der Waals surface area (Å²) >= 11 is 1.70. The summed E-state index contributed by atoms with van der Waals surface area (Å²) in [4.78, 5) is 17.8. The van der Waals surface area contributed by atoms with Gasteiger partial charge in [-0.3, -0.25) is 0 Å². The zero-order chi connectivity index (χ0) is 26.5. The largest absolute Gasteiger partial charge is 0.493 e. The molecule has 0 unspecified atom stereocenters. The second-order valence-electron chi connectivity index (χ2n) is 11.0. The van der Waals surface area contributed by atoms with E-state index in [9.17, 15) is 9.90 Å². The Morgan fingerprint density at radius 1 is 1.30 bits per heavy atom. The number of rotatable bonds is 6. The molecule has 2 N–H and O–H groups in total. The molecule has 37 heavy (non-hydrogen) atoms. The fourth-order valence-corrected chi connectivity index (χ4v) is 6.71. The smallest absolute Gasteiger partial charge is 0.337 e. The van der Waals surface area contributed by atoms with Crippen molar-refractivity contribution in [1.29, 1.82) is 0 Å². The van der Waals surface area contributed by atoms with Crippen molar-refractivity contribution in [2.75, 3.05) is 19.0 Å². The molecule has 2 aliphatic rings. The van der Waals surface area contributed by atoms with Crippen LogP contribution in [0.1, 0.15) is 87.1 Å². The molecular formula is C30H36N2O4S. The monoisotopic (exact) mass is 520 g/mol. The van der Waals surface area contributed by atoms with Crippen LogP contribution < -0.4 is 10.1 Å². The number of hydrogen-bond acceptors (Lipinski definition) is 6. The Bertz CT molecular complexity index is 1400. The Balaban J connectivity index is 1.86. The first-order valence-electron chi connectivity index (χ1n) is 13.1. The molecule has 3 aromatic rings. The first-order chi connectivity index (χ1) is 17.6. The van der Waals surface area contributed by atoms with Gasteiger partial charge in [0.1, 0.15) is 5.75 Å². The highest BCUT2D eigenvalue weighted by Crippen LogP contribution is 2.50. The summed E-state index contributed by atoms with van der Waals surface area (Å²) in [5.41, 5.74) is 6.88. The molecule has 1 aliphatic heterocycles. The third-order valence-corrected chi connectivity index (χ3v) is 8.59. The highest BCUT2D eigenvalue weighted by atomic mass is 32.1. The van der Waals surface area contributed by atoms with Crippen LogP contribution in [-0.2, 0) is 9.53 Å². The predicted octanol–water partition coefficient (Wildman–Crippen LogP) is 7.71. The average molecular weight is 521 g/mol. The number of thiazole rings is 1. The van der Waals surface area contributed by atoms with Gasteiger partial charge >= 0.3 is 5.97 Å². The highest BCUT2D eigenvalue weighted by Gasteiger charge is 2.34. The first-order valence-corrected chi connectivity index (χ1v) is 13.9. The number of carboxylic acid groups (broad SMARTS) is 1. The molecule has 0 radical (unpaired) electrons. The number of fused-ring (bicyclic) bond motifs is 2. The molecule has 2 heterocycles. The summed E-state index contributed by atoms with van der Waals surface area (Å²) in [7, 11) is 1.92. The Morgan fingerprint density at radius 3 is 2.65 bits per heavy atom. The number of nitrogens with one attached hydrogen (secondary N) is 1. The number of nitrogens with zero attached hydrogens (tertiary/aromatic N) is 1. The number of allylic oxidation sites excluding steroid dienone is 1. The van der Waals surface area contributed by atoms with Crippen molar-refractivity contribution in [3.63, 3.8) is 0 Å². The van der Waals surface area contributed by atoms with Gasteiger partial charge in [0.15, 0.2) is 6.10 Å². The lowest BCUT2D eigenvalue weighted by Crippen LogP contribution is -2.28. The molecule has 1 fully saturated rings. The standard InChI is InChI=1S/C30H36N2O4S/c1-7-17-13-14-35-21-12-11-19(25(31-6)23(17)21)24-22(26(29(33)34)36-30(3,4)5)16(2)15-20-27(24)37-28(32-20)18-9-8-10-18/h7,11-12,15,18,26,31H,8-10,13-14H2,1-6H3,(H,33,34)/b17-7-/t26-/m0/s1. The molecule has 0 amide bonds. The zero-order valence-corrected chi connectivity index (χ0v) is 23.3. The maximum Gasteiger partial charge on any atom is 0.337 e. The van der Waals surface area contributed by atoms with E-state index in [1.807, 2.05) is 46.9 Å². The lowest BCUT2D eigenvalue weighted by atomic mass is 9.86. The SMILES string of the molecule is C/C=C1/CCOc2ccc(-c3c([C@H](OC(C)(C)C)C(=O)O)c(C)cc4nc(C5CCC5)sc34)c(NC)c21. The Labute approximate surface area is 222 Å². The van der Waals surface area contributed by atoms with Crippen LogP contribution in [0.3, 0.4) is 0 Å². The van der Waals surface area contributed by atoms with Crippen LogP contribution in [0.15, 0.2) is 24.3 Å². The number of aromatic nitrogens is 1. The van der Waals surface area contributed by atoms with Gasteiger partial charge in [0.25, 0.3) is 0 Å².